The van der Waals surface area contributed by atoms with Crippen LogP contribution < -0.4 is 5.32 Å². The Morgan fingerprint density at radius 3 is 2.67 bits per heavy atom. The first-order chi connectivity index (χ1) is 8.54. The molecule has 0 aliphatic heterocycles. The van der Waals surface area contributed by atoms with Crippen molar-refractivity contribution in [1.29, 1.82) is 0 Å². The molecule has 0 atom stereocenters. The lowest BCUT2D eigenvalue weighted by atomic mass is 10.1. The Labute approximate surface area is 114 Å². The molecule has 4 heteroatoms. The molecule has 0 saturated heterocycles. The van der Waals surface area contributed by atoms with Crippen LogP contribution in [0.2, 0.25) is 0 Å². The van der Waals surface area contributed by atoms with Crippen LogP contribution >= 0.6 is 15.9 Å². The molecule has 2 aromatic carbocycles. The SMILES string of the molecule is Cc1cc(Br)ccc1NCc1cc(O)cc(F)c1. The Kier molecular flexibility index (Phi) is 3.87. The van der Waals surface area contributed by atoms with Crippen molar-refractivity contribution in [2.45, 2.75) is 13.5 Å². The van der Waals surface area contributed by atoms with Crippen LogP contribution in [0, 0.1) is 12.7 Å². The summed E-state index contributed by atoms with van der Waals surface area (Å²) in [5.41, 5.74) is 2.79. The topological polar surface area (TPSA) is 32.3 Å². The van der Waals surface area contributed by atoms with Gasteiger partial charge in [-0.2, -0.15) is 0 Å². The molecule has 0 radical (unpaired) electrons. The van der Waals surface area contributed by atoms with E-state index >= 15 is 0 Å². The zero-order chi connectivity index (χ0) is 13.1. The van der Waals surface area contributed by atoms with E-state index in [-0.39, 0.29) is 5.75 Å². The third-order valence-electron chi connectivity index (χ3n) is 2.61. The first-order valence-electron chi connectivity index (χ1n) is 5.53. The molecule has 0 saturated carbocycles. The van der Waals surface area contributed by atoms with Crippen LogP contribution in [0.4, 0.5) is 10.1 Å². The Balaban J connectivity index is 2.11. The maximum absolute atomic E-state index is 13.1. The van der Waals surface area contributed by atoms with Gasteiger partial charge >= 0.3 is 0 Å². The van der Waals surface area contributed by atoms with E-state index in [4.69, 9.17) is 0 Å². The zero-order valence-electron chi connectivity index (χ0n) is 9.87. The second-order valence-corrected chi connectivity index (χ2v) is 5.05. The van der Waals surface area contributed by atoms with Crippen LogP contribution in [-0.4, -0.2) is 5.11 Å². The summed E-state index contributed by atoms with van der Waals surface area (Å²) < 4.78 is 14.1. The molecule has 2 nitrogen and oxygen atoms in total. The van der Waals surface area contributed by atoms with Crippen molar-refractivity contribution in [1.82, 2.24) is 0 Å². The number of halogens is 2. The van der Waals surface area contributed by atoms with E-state index in [9.17, 15) is 9.50 Å². The van der Waals surface area contributed by atoms with E-state index in [0.717, 1.165) is 21.8 Å². The van der Waals surface area contributed by atoms with Gasteiger partial charge in [0.15, 0.2) is 0 Å². The average Bonchev–Trinajstić information content (AvgIpc) is 2.26. The summed E-state index contributed by atoms with van der Waals surface area (Å²) in [4.78, 5) is 0. The molecule has 0 unspecified atom stereocenters. The molecule has 0 amide bonds. The first kappa shape index (κ1) is 12.9. The number of benzene rings is 2. The van der Waals surface area contributed by atoms with E-state index in [1.807, 2.05) is 25.1 Å². The summed E-state index contributed by atoms with van der Waals surface area (Å²) in [6, 6.07) is 9.95. The normalized spacial score (nSPS) is 10.4. The fraction of sp³-hybridized carbons (Fsp3) is 0.143. The van der Waals surface area contributed by atoms with Crippen LogP contribution in [0.25, 0.3) is 0 Å². The van der Waals surface area contributed by atoms with Gasteiger partial charge in [-0.25, -0.2) is 4.39 Å². The Hall–Kier alpha value is -1.55. The van der Waals surface area contributed by atoms with Gasteiger partial charge in [0.25, 0.3) is 0 Å². The molecule has 2 aromatic rings. The molecule has 2 N–H and O–H groups in total. The lowest BCUT2D eigenvalue weighted by Crippen LogP contribution is -2.01. The fourth-order valence-corrected chi connectivity index (χ4v) is 2.23. The minimum Gasteiger partial charge on any atom is -0.508 e. The molecular weight excluding hydrogens is 297 g/mol. The van der Waals surface area contributed by atoms with Crippen molar-refractivity contribution >= 4 is 21.6 Å². The van der Waals surface area contributed by atoms with Crippen molar-refractivity contribution in [2.75, 3.05) is 5.32 Å². The number of nitrogens with one attached hydrogen (secondary N) is 1. The number of hydrogen-bond donors (Lipinski definition) is 2. The highest BCUT2D eigenvalue weighted by Crippen LogP contribution is 2.21. The third kappa shape index (κ3) is 3.23. The number of phenolic OH excluding ortho intramolecular Hbond substituents is 1. The number of hydrogen-bond acceptors (Lipinski definition) is 2. The minimum atomic E-state index is -0.431. The maximum atomic E-state index is 13.1. The predicted octanol–water partition coefficient (Wildman–Crippen LogP) is 4.21. The lowest BCUT2D eigenvalue weighted by Gasteiger charge is -2.10. The molecule has 0 aromatic heterocycles. The second-order valence-electron chi connectivity index (χ2n) is 4.13. The van der Waals surface area contributed by atoms with E-state index in [2.05, 4.69) is 21.2 Å². The first-order valence-corrected chi connectivity index (χ1v) is 6.32. The van der Waals surface area contributed by atoms with Crippen LogP contribution in [0.15, 0.2) is 40.9 Å². The maximum Gasteiger partial charge on any atom is 0.127 e. The molecule has 2 rings (SSSR count). The third-order valence-corrected chi connectivity index (χ3v) is 3.11. The number of aromatic hydroxyl groups is 1. The predicted molar refractivity (Wildman–Crippen MR) is 74.3 cm³/mol. The smallest absolute Gasteiger partial charge is 0.127 e. The van der Waals surface area contributed by atoms with Gasteiger partial charge in [0, 0.05) is 22.8 Å². The zero-order valence-corrected chi connectivity index (χ0v) is 11.5. The van der Waals surface area contributed by atoms with E-state index in [1.54, 1.807) is 6.07 Å². The second kappa shape index (κ2) is 5.40. The quantitative estimate of drug-likeness (QED) is 0.890. The van der Waals surface area contributed by atoms with E-state index < -0.39 is 5.82 Å². The van der Waals surface area contributed by atoms with Crippen molar-refractivity contribution in [2.24, 2.45) is 0 Å². The molecular formula is C14H13BrFNO. The van der Waals surface area contributed by atoms with Crippen LogP contribution in [0.3, 0.4) is 0 Å². The standard InChI is InChI=1S/C14H13BrFNO/c1-9-4-11(15)2-3-14(9)17-8-10-5-12(16)7-13(18)6-10/h2-7,17-18H,8H2,1H3. The molecule has 0 aliphatic rings. The van der Waals surface area contributed by atoms with Crippen LogP contribution in [-0.2, 0) is 6.54 Å². The molecule has 0 aliphatic carbocycles. The van der Waals surface area contributed by atoms with Crippen molar-refractivity contribution in [3.63, 3.8) is 0 Å². The highest BCUT2D eigenvalue weighted by atomic mass is 79.9. The van der Waals surface area contributed by atoms with E-state index in [0.29, 0.717) is 12.1 Å². The molecule has 0 spiro atoms. The van der Waals surface area contributed by atoms with Crippen molar-refractivity contribution < 1.29 is 9.50 Å². The van der Waals surface area contributed by atoms with Crippen LogP contribution in [0.1, 0.15) is 11.1 Å². The van der Waals surface area contributed by atoms with Crippen molar-refractivity contribution in [3.05, 3.63) is 57.8 Å². The Bertz CT molecular complexity index is 551. The van der Waals surface area contributed by atoms with Crippen LogP contribution in [0.5, 0.6) is 5.75 Å². The summed E-state index contributed by atoms with van der Waals surface area (Å²) in [7, 11) is 0. The number of rotatable bonds is 3. The summed E-state index contributed by atoms with van der Waals surface area (Å²) in [6.45, 7) is 2.46. The van der Waals surface area contributed by atoms with Gasteiger partial charge in [-0.1, -0.05) is 15.9 Å². The van der Waals surface area contributed by atoms with Gasteiger partial charge in [-0.3, -0.25) is 0 Å². The highest BCUT2D eigenvalue weighted by Gasteiger charge is 2.02. The van der Waals surface area contributed by atoms with Gasteiger partial charge in [-0.15, -0.1) is 0 Å². The number of aryl methyl sites for hydroxylation is 1. The average molecular weight is 310 g/mol. The molecule has 0 heterocycles. The highest BCUT2D eigenvalue weighted by molar-refractivity contribution is 9.10. The monoisotopic (exact) mass is 309 g/mol. The van der Waals surface area contributed by atoms with E-state index in [1.165, 1.54) is 6.07 Å². The number of anilines is 1. The lowest BCUT2D eigenvalue weighted by molar-refractivity contribution is 0.468. The molecule has 94 valence electrons. The van der Waals surface area contributed by atoms with Crippen molar-refractivity contribution in [3.8, 4) is 5.75 Å². The summed E-state index contributed by atoms with van der Waals surface area (Å²) in [5, 5.41) is 12.5. The van der Waals surface area contributed by atoms with Gasteiger partial charge in [0.1, 0.15) is 11.6 Å². The summed E-state index contributed by atoms with van der Waals surface area (Å²) in [6.07, 6.45) is 0. The molecule has 0 fully saturated rings. The summed E-state index contributed by atoms with van der Waals surface area (Å²) in [5.74, 6) is -0.487. The van der Waals surface area contributed by atoms with Gasteiger partial charge in [-0.05, 0) is 48.4 Å². The Morgan fingerprint density at radius 2 is 2.00 bits per heavy atom. The molecule has 18 heavy (non-hydrogen) atoms. The fourth-order valence-electron chi connectivity index (χ4n) is 1.76. The van der Waals surface area contributed by atoms with Gasteiger partial charge < -0.3 is 10.4 Å². The Morgan fingerprint density at radius 1 is 1.22 bits per heavy atom. The summed E-state index contributed by atoms with van der Waals surface area (Å²) >= 11 is 3.40. The van der Waals surface area contributed by atoms with Gasteiger partial charge in [0.2, 0.25) is 0 Å². The van der Waals surface area contributed by atoms with Gasteiger partial charge in [0.05, 0.1) is 0 Å². The molecule has 0 bridgehead atoms. The largest absolute Gasteiger partial charge is 0.508 e. The minimum absolute atomic E-state index is 0.0562. The number of phenols is 1.